The van der Waals surface area contributed by atoms with Crippen LogP contribution in [-0.4, -0.2) is 16.8 Å². The summed E-state index contributed by atoms with van der Waals surface area (Å²) in [6.45, 7) is 0. The van der Waals surface area contributed by atoms with E-state index in [1.54, 1.807) is 0 Å². The van der Waals surface area contributed by atoms with Crippen LogP contribution < -0.4 is 5.32 Å². The van der Waals surface area contributed by atoms with Gasteiger partial charge in [0.15, 0.2) is 0 Å². The topological polar surface area (TPSA) is 29.9 Å². The van der Waals surface area contributed by atoms with Crippen molar-refractivity contribution in [2.75, 3.05) is 7.05 Å². The maximum atomic E-state index is 4.54. The molecule has 3 nitrogen and oxygen atoms in total. The van der Waals surface area contributed by atoms with Crippen LogP contribution in [0.2, 0.25) is 0 Å². The average Bonchev–Trinajstić information content (AvgIpc) is 2.55. The molecule has 1 unspecified atom stereocenters. The first kappa shape index (κ1) is 11.6. The molecule has 0 aromatic carbocycles. The van der Waals surface area contributed by atoms with E-state index in [0.717, 1.165) is 5.92 Å². The number of hydrogen-bond donors (Lipinski definition) is 1. The van der Waals surface area contributed by atoms with Gasteiger partial charge >= 0.3 is 0 Å². The number of hydrogen-bond acceptors (Lipinski definition) is 2. The normalized spacial score (nSPS) is 20.6. The summed E-state index contributed by atoms with van der Waals surface area (Å²) in [4.78, 5) is 0. The Kier molecular flexibility index (Phi) is 3.99. The number of aromatic nitrogens is 2. The van der Waals surface area contributed by atoms with Crippen LogP contribution in [0.3, 0.4) is 0 Å². The summed E-state index contributed by atoms with van der Waals surface area (Å²) in [7, 11) is 4.05. The lowest BCUT2D eigenvalue weighted by Crippen LogP contribution is -2.25. The highest BCUT2D eigenvalue weighted by atomic mass is 15.3. The molecule has 1 atom stereocenters. The number of nitrogens with zero attached hydrogens (tertiary/aromatic N) is 2. The third-order valence-corrected chi connectivity index (χ3v) is 3.74. The van der Waals surface area contributed by atoms with Gasteiger partial charge in [0.1, 0.15) is 0 Å². The summed E-state index contributed by atoms with van der Waals surface area (Å²) in [6, 6.07) is 2.59. The van der Waals surface area contributed by atoms with Gasteiger partial charge in [-0.2, -0.15) is 5.10 Å². The fraction of sp³-hybridized carbons (Fsp3) is 0.769. The van der Waals surface area contributed by atoms with E-state index < -0.39 is 0 Å². The Morgan fingerprint density at radius 2 is 2.00 bits per heavy atom. The van der Waals surface area contributed by atoms with Crippen molar-refractivity contribution in [3.05, 3.63) is 18.0 Å². The van der Waals surface area contributed by atoms with Crippen LogP contribution in [0.15, 0.2) is 12.3 Å². The zero-order chi connectivity index (χ0) is 11.4. The minimum absolute atomic E-state index is 0.444. The van der Waals surface area contributed by atoms with E-state index in [1.807, 2.05) is 17.9 Å². The predicted octanol–water partition coefficient (Wildman–Crippen LogP) is 2.65. The summed E-state index contributed by atoms with van der Waals surface area (Å²) >= 11 is 0. The Balaban J connectivity index is 2.08. The highest BCUT2D eigenvalue weighted by Gasteiger charge is 2.24. The Labute approximate surface area is 98.2 Å². The maximum Gasteiger partial charge on any atom is 0.0796 e. The minimum Gasteiger partial charge on any atom is -0.311 e. The summed E-state index contributed by atoms with van der Waals surface area (Å²) in [5, 5.41) is 8.00. The molecule has 1 heterocycles. The summed E-state index contributed by atoms with van der Waals surface area (Å²) < 4.78 is 1.90. The van der Waals surface area contributed by atoms with Crippen LogP contribution in [0.4, 0.5) is 0 Å². The highest BCUT2D eigenvalue weighted by Crippen LogP contribution is 2.32. The second-order valence-electron chi connectivity index (χ2n) is 4.93. The van der Waals surface area contributed by atoms with Gasteiger partial charge < -0.3 is 5.32 Å². The van der Waals surface area contributed by atoms with Gasteiger partial charge in [-0.1, -0.05) is 25.7 Å². The Morgan fingerprint density at radius 1 is 1.31 bits per heavy atom. The molecular formula is C13H23N3. The maximum absolute atomic E-state index is 4.54. The molecule has 90 valence electrons. The first-order valence-electron chi connectivity index (χ1n) is 6.48. The van der Waals surface area contributed by atoms with E-state index in [2.05, 4.69) is 23.5 Å². The summed E-state index contributed by atoms with van der Waals surface area (Å²) in [6.07, 6.45) is 10.3. The van der Waals surface area contributed by atoms with Crippen LogP contribution in [0.5, 0.6) is 0 Å². The van der Waals surface area contributed by atoms with Crippen molar-refractivity contribution in [3.63, 3.8) is 0 Å². The van der Waals surface area contributed by atoms with Crippen molar-refractivity contribution in [1.82, 2.24) is 15.1 Å². The largest absolute Gasteiger partial charge is 0.311 e. The third-order valence-electron chi connectivity index (χ3n) is 3.74. The monoisotopic (exact) mass is 221 g/mol. The van der Waals surface area contributed by atoms with E-state index in [9.17, 15) is 0 Å². The molecule has 0 spiro atoms. The van der Waals surface area contributed by atoms with Crippen LogP contribution >= 0.6 is 0 Å². The van der Waals surface area contributed by atoms with E-state index >= 15 is 0 Å². The first-order chi connectivity index (χ1) is 7.81. The van der Waals surface area contributed by atoms with Gasteiger partial charge in [0.05, 0.1) is 11.7 Å². The molecule has 1 aromatic rings. The van der Waals surface area contributed by atoms with Crippen LogP contribution in [0, 0.1) is 5.92 Å². The summed E-state index contributed by atoms with van der Waals surface area (Å²) in [5.74, 6) is 0.766. The zero-order valence-electron chi connectivity index (χ0n) is 10.4. The molecule has 1 saturated carbocycles. The minimum atomic E-state index is 0.444. The molecule has 1 aliphatic rings. The van der Waals surface area contributed by atoms with Gasteiger partial charge in [-0.15, -0.1) is 0 Å². The number of rotatable bonds is 3. The predicted molar refractivity (Wildman–Crippen MR) is 66.2 cm³/mol. The van der Waals surface area contributed by atoms with Gasteiger partial charge in [-0.3, -0.25) is 4.68 Å². The molecule has 1 fully saturated rings. The van der Waals surface area contributed by atoms with Crippen molar-refractivity contribution in [3.8, 4) is 0 Å². The van der Waals surface area contributed by atoms with E-state index in [4.69, 9.17) is 0 Å². The Morgan fingerprint density at radius 3 is 2.50 bits per heavy atom. The molecule has 2 rings (SSSR count). The number of nitrogens with one attached hydrogen (secondary N) is 1. The molecular weight excluding hydrogens is 198 g/mol. The molecule has 0 aliphatic heterocycles. The molecule has 1 N–H and O–H groups in total. The molecule has 16 heavy (non-hydrogen) atoms. The average molecular weight is 221 g/mol. The lowest BCUT2D eigenvalue weighted by atomic mass is 9.90. The summed E-state index contributed by atoms with van der Waals surface area (Å²) in [5.41, 5.74) is 1.21. The van der Waals surface area contributed by atoms with Gasteiger partial charge in [0, 0.05) is 13.2 Å². The zero-order valence-corrected chi connectivity index (χ0v) is 10.4. The lowest BCUT2D eigenvalue weighted by molar-refractivity contribution is 0.334. The third kappa shape index (κ3) is 2.64. The van der Waals surface area contributed by atoms with Gasteiger partial charge in [-0.25, -0.2) is 0 Å². The van der Waals surface area contributed by atoms with Gasteiger partial charge in [0.2, 0.25) is 0 Å². The smallest absolute Gasteiger partial charge is 0.0796 e. The van der Waals surface area contributed by atoms with Crippen LogP contribution in [-0.2, 0) is 7.05 Å². The molecule has 0 amide bonds. The number of aryl methyl sites for hydroxylation is 1. The van der Waals surface area contributed by atoms with Gasteiger partial charge in [0.25, 0.3) is 0 Å². The van der Waals surface area contributed by atoms with Crippen molar-refractivity contribution >= 4 is 0 Å². The Hall–Kier alpha value is -0.830. The molecule has 1 aliphatic carbocycles. The highest BCUT2D eigenvalue weighted by molar-refractivity contribution is 5.07. The van der Waals surface area contributed by atoms with E-state index in [0.29, 0.717) is 6.04 Å². The fourth-order valence-corrected chi connectivity index (χ4v) is 2.87. The van der Waals surface area contributed by atoms with Crippen LogP contribution in [0.25, 0.3) is 0 Å². The molecule has 0 bridgehead atoms. The SMILES string of the molecule is CNC(c1ccn(C)n1)C1CCCCCC1. The second kappa shape index (κ2) is 5.48. The first-order valence-corrected chi connectivity index (χ1v) is 6.48. The van der Waals surface area contributed by atoms with Crippen molar-refractivity contribution in [2.24, 2.45) is 13.0 Å². The van der Waals surface area contributed by atoms with Crippen molar-refractivity contribution in [2.45, 2.75) is 44.6 Å². The van der Waals surface area contributed by atoms with Crippen LogP contribution in [0.1, 0.15) is 50.3 Å². The molecule has 0 radical (unpaired) electrons. The Bertz CT molecular complexity index is 311. The molecule has 1 aromatic heterocycles. The lowest BCUT2D eigenvalue weighted by Gasteiger charge is -2.24. The molecule has 0 saturated heterocycles. The quantitative estimate of drug-likeness (QED) is 0.795. The fourth-order valence-electron chi connectivity index (χ4n) is 2.87. The molecule has 3 heteroatoms. The standard InChI is InChI=1S/C13H23N3/c1-14-13(12-9-10-16(2)15-12)11-7-5-3-4-6-8-11/h9-11,13-14H,3-8H2,1-2H3. The van der Waals surface area contributed by atoms with Crippen molar-refractivity contribution in [1.29, 1.82) is 0 Å². The second-order valence-corrected chi connectivity index (χ2v) is 4.93. The van der Waals surface area contributed by atoms with Crippen molar-refractivity contribution < 1.29 is 0 Å². The van der Waals surface area contributed by atoms with E-state index in [-0.39, 0.29) is 0 Å². The van der Waals surface area contributed by atoms with Gasteiger partial charge in [-0.05, 0) is 31.9 Å². The van der Waals surface area contributed by atoms with E-state index in [1.165, 1.54) is 44.2 Å².